The fourth-order valence-corrected chi connectivity index (χ4v) is 5.09. The van der Waals surface area contributed by atoms with Crippen molar-refractivity contribution in [2.24, 2.45) is 17.8 Å². The van der Waals surface area contributed by atoms with Gasteiger partial charge in [0, 0.05) is 56.2 Å². The first-order chi connectivity index (χ1) is 14.3. The second kappa shape index (κ2) is 8.04. The third-order valence-electron chi connectivity index (χ3n) is 6.77. The van der Waals surface area contributed by atoms with E-state index in [1.54, 1.807) is 11.1 Å². The Balaban J connectivity index is 1.54. The normalized spacial score (nSPS) is 31.7. The van der Waals surface area contributed by atoms with E-state index in [1.165, 1.54) is 12.1 Å². The maximum absolute atomic E-state index is 14.4. The van der Waals surface area contributed by atoms with E-state index in [9.17, 15) is 18.7 Å². The lowest BCUT2D eigenvalue weighted by atomic mass is 9.72. The Labute approximate surface area is 175 Å². The van der Waals surface area contributed by atoms with Crippen LogP contribution in [0.5, 0.6) is 0 Å². The summed E-state index contributed by atoms with van der Waals surface area (Å²) in [6, 6.07) is 9.01. The molecule has 1 amide bonds. The number of carbonyl (C=O) groups is 1. The van der Waals surface area contributed by atoms with Crippen LogP contribution in [0.4, 0.5) is 8.78 Å². The van der Waals surface area contributed by atoms with E-state index in [0.717, 1.165) is 6.07 Å². The molecule has 3 heterocycles. The summed E-state index contributed by atoms with van der Waals surface area (Å²) in [6.45, 7) is 5.56. The summed E-state index contributed by atoms with van der Waals surface area (Å²) in [4.78, 5) is 19.5. The van der Waals surface area contributed by atoms with Gasteiger partial charge in [0.25, 0.3) is 0 Å². The third kappa shape index (κ3) is 3.50. The first kappa shape index (κ1) is 20.9. The van der Waals surface area contributed by atoms with Crippen molar-refractivity contribution in [1.29, 1.82) is 0 Å². The zero-order chi connectivity index (χ0) is 21.5. The molecule has 160 valence electrons. The van der Waals surface area contributed by atoms with Crippen LogP contribution in [0.15, 0.2) is 42.6 Å². The fourth-order valence-electron chi connectivity index (χ4n) is 5.09. The largest absolute Gasteiger partial charge is 0.383 e. The van der Waals surface area contributed by atoms with E-state index in [4.69, 9.17) is 0 Å². The summed E-state index contributed by atoms with van der Waals surface area (Å²) in [5, 5.41) is 14.6. The zero-order valence-corrected chi connectivity index (χ0v) is 17.2. The third-order valence-corrected chi connectivity index (χ3v) is 6.77. The summed E-state index contributed by atoms with van der Waals surface area (Å²) in [5.41, 5.74) is -0.136. The van der Waals surface area contributed by atoms with Gasteiger partial charge in [0.05, 0.1) is 11.6 Å². The lowest BCUT2D eigenvalue weighted by molar-refractivity contribution is -0.153. The summed E-state index contributed by atoms with van der Waals surface area (Å²) >= 11 is 0. The van der Waals surface area contributed by atoms with Crippen LogP contribution in [0.3, 0.4) is 0 Å². The molecule has 2 aliphatic rings. The predicted molar refractivity (Wildman–Crippen MR) is 109 cm³/mol. The van der Waals surface area contributed by atoms with Crippen molar-refractivity contribution in [2.75, 3.05) is 26.2 Å². The van der Waals surface area contributed by atoms with E-state index in [-0.39, 0.29) is 23.7 Å². The van der Waals surface area contributed by atoms with Gasteiger partial charge in [-0.1, -0.05) is 26.0 Å². The van der Waals surface area contributed by atoms with Crippen LogP contribution < -0.4 is 5.32 Å². The molecular formula is C23H27F2N3O2. The molecule has 0 aliphatic carbocycles. The molecule has 30 heavy (non-hydrogen) atoms. The Morgan fingerprint density at radius 1 is 1.17 bits per heavy atom. The highest BCUT2D eigenvalue weighted by atomic mass is 19.1. The molecule has 1 aromatic carbocycles. The van der Waals surface area contributed by atoms with Crippen molar-refractivity contribution in [3.05, 3.63) is 65.5 Å². The number of piperidine rings is 1. The van der Waals surface area contributed by atoms with Gasteiger partial charge >= 0.3 is 0 Å². The first-order valence-corrected chi connectivity index (χ1v) is 10.4. The van der Waals surface area contributed by atoms with Crippen molar-refractivity contribution in [3.8, 4) is 0 Å². The Bertz CT molecular complexity index is 912. The fraction of sp³-hybridized carbons (Fsp3) is 0.478. The Kier molecular flexibility index (Phi) is 5.59. The molecule has 5 atom stereocenters. The van der Waals surface area contributed by atoms with Crippen LogP contribution in [0.25, 0.3) is 0 Å². The van der Waals surface area contributed by atoms with E-state index < -0.39 is 23.2 Å². The highest BCUT2D eigenvalue weighted by molar-refractivity contribution is 5.81. The molecule has 0 spiro atoms. The van der Waals surface area contributed by atoms with Crippen molar-refractivity contribution in [3.63, 3.8) is 0 Å². The Morgan fingerprint density at radius 2 is 1.90 bits per heavy atom. The molecule has 1 aromatic heterocycles. The highest BCUT2D eigenvalue weighted by Crippen LogP contribution is 2.41. The van der Waals surface area contributed by atoms with E-state index in [0.29, 0.717) is 37.4 Å². The van der Waals surface area contributed by atoms with Crippen LogP contribution in [-0.2, 0) is 10.4 Å². The van der Waals surface area contributed by atoms with E-state index >= 15 is 0 Å². The van der Waals surface area contributed by atoms with Crippen LogP contribution in [0, 0.1) is 29.4 Å². The number of rotatable bonds is 3. The lowest BCUT2D eigenvalue weighted by Crippen LogP contribution is -2.57. The summed E-state index contributed by atoms with van der Waals surface area (Å²) < 4.78 is 27.7. The molecule has 2 N–H and O–H groups in total. The number of nitrogens with zero attached hydrogens (tertiary/aromatic N) is 2. The van der Waals surface area contributed by atoms with Crippen LogP contribution >= 0.6 is 0 Å². The van der Waals surface area contributed by atoms with Crippen LogP contribution in [0.2, 0.25) is 0 Å². The number of aliphatic hydroxyl groups is 1. The molecular weight excluding hydrogens is 388 g/mol. The minimum absolute atomic E-state index is 0.0597. The SMILES string of the molecule is C[C@@H]1CN(C(=O)[C@@H]2CNC[C@H]2c2ccc(F)cc2F)C[C@H](C)C1(O)c1ccccn1. The number of halogens is 2. The summed E-state index contributed by atoms with van der Waals surface area (Å²) in [7, 11) is 0. The molecule has 1 unspecified atom stereocenters. The number of hydrogen-bond acceptors (Lipinski definition) is 4. The number of nitrogens with one attached hydrogen (secondary N) is 1. The molecule has 0 saturated carbocycles. The van der Waals surface area contributed by atoms with Gasteiger partial charge in [0.1, 0.15) is 17.2 Å². The van der Waals surface area contributed by atoms with Crippen LogP contribution in [0.1, 0.15) is 31.0 Å². The van der Waals surface area contributed by atoms with Crippen molar-refractivity contribution >= 4 is 5.91 Å². The molecule has 4 rings (SSSR count). The number of benzene rings is 1. The maximum Gasteiger partial charge on any atom is 0.227 e. The van der Waals surface area contributed by atoms with Gasteiger partial charge in [0.2, 0.25) is 5.91 Å². The van der Waals surface area contributed by atoms with Gasteiger partial charge in [-0.25, -0.2) is 8.78 Å². The summed E-state index contributed by atoms with van der Waals surface area (Å²) in [6.07, 6.45) is 1.66. The second-order valence-electron chi connectivity index (χ2n) is 8.62. The average molecular weight is 415 g/mol. The first-order valence-electron chi connectivity index (χ1n) is 10.4. The summed E-state index contributed by atoms with van der Waals surface area (Å²) in [5.74, 6) is -2.50. The molecule has 2 fully saturated rings. The molecule has 2 saturated heterocycles. The Morgan fingerprint density at radius 3 is 2.53 bits per heavy atom. The van der Waals surface area contributed by atoms with E-state index in [1.807, 2.05) is 32.0 Å². The van der Waals surface area contributed by atoms with Gasteiger partial charge in [-0.05, 0) is 23.8 Å². The molecule has 2 aromatic rings. The number of hydrogen-bond donors (Lipinski definition) is 2. The number of aromatic nitrogens is 1. The monoisotopic (exact) mass is 415 g/mol. The smallest absolute Gasteiger partial charge is 0.227 e. The van der Waals surface area contributed by atoms with Gasteiger partial charge < -0.3 is 15.3 Å². The second-order valence-corrected chi connectivity index (χ2v) is 8.62. The van der Waals surface area contributed by atoms with Gasteiger partial charge in [-0.15, -0.1) is 0 Å². The number of amides is 1. The standard InChI is InChI=1S/C23H27F2N3O2/c1-14-12-28(13-15(2)23(14,30)21-5-3-4-8-27-21)22(29)19-11-26-10-18(19)17-7-6-16(24)9-20(17)25/h3-9,14-15,18-19,26,30H,10-13H2,1-2H3/t14-,15+,18-,19+,23?/m0/s1. The quantitative estimate of drug-likeness (QED) is 0.809. The Hall–Kier alpha value is -2.38. The number of likely N-dealkylation sites (tertiary alicyclic amines) is 1. The highest BCUT2D eigenvalue weighted by Gasteiger charge is 2.49. The molecule has 5 nitrogen and oxygen atoms in total. The minimum atomic E-state index is -1.12. The van der Waals surface area contributed by atoms with Crippen molar-refractivity contribution < 1.29 is 18.7 Å². The number of pyridine rings is 1. The molecule has 0 radical (unpaired) electrons. The van der Waals surface area contributed by atoms with Gasteiger partial charge in [0.15, 0.2) is 0 Å². The minimum Gasteiger partial charge on any atom is -0.383 e. The average Bonchev–Trinajstić information content (AvgIpc) is 3.21. The lowest BCUT2D eigenvalue weighted by Gasteiger charge is -2.48. The van der Waals surface area contributed by atoms with Gasteiger partial charge in [-0.2, -0.15) is 0 Å². The van der Waals surface area contributed by atoms with Crippen LogP contribution in [-0.4, -0.2) is 47.1 Å². The molecule has 7 heteroatoms. The zero-order valence-electron chi connectivity index (χ0n) is 17.2. The molecule has 2 aliphatic heterocycles. The number of carbonyl (C=O) groups excluding carboxylic acids is 1. The van der Waals surface area contributed by atoms with Crippen molar-refractivity contribution in [2.45, 2.75) is 25.4 Å². The maximum atomic E-state index is 14.4. The van der Waals surface area contributed by atoms with E-state index in [2.05, 4.69) is 10.3 Å². The van der Waals surface area contributed by atoms with Gasteiger partial charge in [-0.3, -0.25) is 9.78 Å². The predicted octanol–water partition coefficient (Wildman–Crippen LogP) is 2.67. The van der Waals surface area contributed by atoms with Crippen molar-refractivity contribution in [1.82, 2.24) is 15.2 Å². The topological polar surface area (TPSA) is 65.5 Å². The molecule has 0 bridgehead atoms.